The van der Waals surface area contributed by atoms with Gasteiger partial charge in [0.15, 0.2) is 0 Å². The number of halogens is 3. The Morgan fingerprint density at radius 1 is 0.791 bits per heavy atom. The summed E-state index contributed by atoms with van der Waals surface area (Å²) in [5.41, 5.74) is 8.11. The Labute approximate surface area is 270 Å². The summed E-state index contributed by atoms with van der Waals surface area (Å²) in [7, 11) is -3.94. The Morgan fingerprint density at radius 3 is 2.12 bits per heavy atom. The van der Waals surface area contributed by atoms with Gasteiger partial charge >= 0.3 is 0 Å². The molecule has 6 rings (SSSR count). The fourth-order valence-corrected chi connectivity index (χ4v) is 7.14. The summed E-state index contributed by atoms with van der Waals surface area (Å²) in [6.07, 6.45) is 2.10. The second kappa shape index (κ2) is 12.3. The molecule has 1 unspecified atom stereocenters. The molecular weight excluding hydrogens is 661 g/mol. The molecule has 0 spiro atoms. The average Bonchev–Trinajstić information content (AvgIpc) is 3.30. The van der Waals surface area contributed by atoms with Gasteiger partial charge in [-0.05, 0) is 106 Å². The monoisotopic (exact) mass is 685 g/mol. The predicted octanol–water partition coefficient (Wildman–Crippen LogP) is 10.1. The van der Waals surface area contributed by atoms with Crippen LogP contribution in [0.5, 0.6) is 0 Å². The van der Waals surface area contributed by atoms with Crippen LogP contribution >= 0.6 is 39.1 Å². The zero-order chi connectivity index (χ0) is 30.1. The van der Waals surface area contributed by atoms with Gasteiger partial charge in [-0.15, -0.1) is 0 Å². The van der Waals surface area contributed by atoms with Crippen molar-refractivity contribution in [2.24, 2.45) is 0 Å². The maximum absolute atomic E-state index is 14.0. The largest absolute Gasteiger partial charge is 0.241 e. The topological polar surface area (TPSA) is 46.2 Å². The van der Waals surface area contributed by atoms with Gasteiger partial charge in [0.05, 0.1) is 10.9 Å². The van der Waals surface area contributed by atoms with Crippen molar-refractivity contribution in [1.29, 1.82) is 0 Å². The van der Waals surface area contributed by atoms with Crippen molar-refractivity contribution in [3.63, 3.8) is 0 Å². The highest BCUT2D eigenvalue weighted by molar-refractivity contribution is 9.10. The van der Waals surface area contributed by atoms with E-state index in [4.69, 9.17) is 23.2 Å². The van der Waals surface area contributed by atoms with E-state index in [1.54, 1.807) is 24.3 Å². The van der Waals surface area contributed by atoms with Crippen LogP contribution in [0.4, 0.5) is 0 Å². The summed E-state index contributed by atoms with van der Waals surface area (Å²) in [6, 6.07) is 37.5. The number of sulfonamides is 1. The lowest BCUT2D eigenvalue weighted by Gasteiger charge is -2.22. The number of aryl methyl sites for hydroxylation is 1. The minimum atomic E-state index is -3.94. The van der Waals surface area contributed by atoms with Crippen LogP contribution in [-0.2, 0) is 10.0 Å². The highest BCUT2D eigenvalue weighted by atomic mass is 79.9. The lowest BCUT2D eigenvalue weighted by atomic mass is 9.88. The molecule has 0 aliphatic heterocycles. The third-order valence-corrected chi connectivity index (χ3v) is 9.90. The third-order valence-electron chi connectivity index (χ3n) is 7.45. The van der Waals surface area contributed by atoms with Gasteiger partial charge in [0.1, 0.15) is 0 Å². The molecule has 0 bridgehead atoms. The minimum Gasteiger partial charge on any atom is -0.207 e. The molecule has 0 saturated carbocycles. The first-order valence-corrected chi connectivity index (χ1v) is 16.6. The molecule has 0 aromatic heterocycles. The van der Waals surface area contributed by atoms with E-state index in [1.165, 1.54) is 0 Å². The van der Waals surface area contributed by atoms with E-state index in [1.807, 2.05) is 104 Å². The smallest absolute Gasteiger partial charge is 0.207 e. The van der Waals surface area contributed by atoms with Crippen LogP contribution in [0.3, 0.4) is 0 Å². The second-order valence-electron chi connectivity index (χ2n) is 10.4. The van der Waals surface area contributed by atoms with Crippen LogP contribution in [0.2, 0.25) is 10.0 Å². The minimum absolute atomic E-state index is 0.194. The lowest BCUT2D eigenvalue weighted by molar-refractivity contribution is 0.573. The molecule has 0 radical (unpaired) electrons. The predicted molar refractivity (Wildman–Crippen MR) is 182 cm³/mol. The fraction of sp³-hybridized carbons (Fsp3) is 0.0556. The molecule has 1 aliphatic rings. The zero-order valence-corrected chi connectivity index (χ0v) is 27.0. The second-order valence-corrected chi connectivity index (χ2v) is 13.9. The summed E-state index contributed by atoms with van der Waals surface area (Å²) in [6.45, 7) is 1.93. The number of rotatable bonds is 7. The summed E-state index contributed by atoms with van der Waals surface area (Å²) in [5.74, 6) is 0. The maximum atomic E-state index is 14.0. The maximum Gasteiger partial charge on any atom is 0.241 e. The van der Waals surface area contributed by atoms with E-state index in [0.29, 0.717) is 10.0 Å². The molecule has 0 fully saturated rings. The van der Waals surface area contributed by atoms with Crippen molar-refractivity contribution in [1.82, 2.24) is 4.72 Å². The number of benzene rings is 5. The molecule has 1 aliphatic carbocycles. The van der Waals surface area contributed by atoms with Crippen LogP contribution in [0.25, 0.3) is 17.2 Å². The number of nitrogens with one attached hydrogen (secondary N) is 1. The molecule has 1 N–H and O–H groups in total. The van der Waals surface area contributed by atoms with Gasteiger partial charge in [0.25, 0.3) is 0 Å². The van der Waals surface area contributed by atoms with Crippen LogP contribution < -0.4 is 4.72 Å². The van der Waals surface area contributed by atoms with Gasteiger partial charge in [-0.1, -0.05) is 117 Å². The number of fused-ring (bicyclic) bond motifs is 1. The van der Waals surface area contributed by atoms with Crippen molar-refractivity contribution in [3.05, 3.63) is 175 Å². The molecule has 214 valence electrons. The van der Waals surface area contributed by atoms with Crippen molar-refractivity contribution < 1.29 is 8.42 Å². The summed E-state index contributed by atoms with van der Waals surface area (Å²) in [4.78, 5) is 0.194. The van der Waals surface area contributed by atoms with E-state index >= 15 is 0 Å². The molecular formula is C36H26BrCl2NO2S. The summed E-state index contributed by atoms with van der Waals surface area (Å²) >= 11 is 16.4. The summed E-state index contributed by atoms with van der Waals surface area (Å²) in [5, 5.41) is 1.14. The van der Waals surface area contributed by atoms with E-state index in [9.17, 15) is 8.42 Å². The molecule has 5 aromatic carbocycles. The Kier molecular flexibility index (Phi) is 8.45. The van der Waals surface area contributed by atoms with Crippen LogP contribution in [-0.4, -0.2) is 8.42 Å². The standard InChI is InChI=1S/C36H26BrCl2NO2S/c1-23-7-18-30(19-8-23)43(41,42)40-36-33-22-29(39)17-20-31(33)34(26-11-15-28(38)16-12-26)35(36)32(25-5-3-2-4-6-25)21-24-9-13-27(37)14-10-24/h2-22,36,40H,1H3/b32-21+. The SMILES string of the molecule is Cc1ccc(S(=O)(=O)NC2C(/C(=C/c3ccc(Br)cc3)c3ccccc3)=C(c3ccc(Cl)cc3)c3ccc(Cl)cc32)cc1. The fourth-order valence-electron chi connectivity index (χ4n) is 5.39. The molecule has 3 nitrogen and oxygen atoms in total. The van der Waals surface area contributed by atoms with E-state index < -0.39 is 16.1 Å². The van der Waals surface area contributed by atoms with Gasteiger partial charge in [-0.2, -0.15) is 4.72 Å². The Bertz CT molecular complexity index is 1970. The molecule has 5 aromatic rings. The van der Waals surface area contributed by atoms with Gasteiger partial charge in [0, 0.05) is 14.5 Å². The van der Waals surface area contributed by atoms with Crippen molar-refractivity contribution in [2.75, 3.05) is 0 Å². The van der Waals surface area contributed by atoms with Crippen molar-refractivity contribution in [3.8, 4) is 0 Å². The van der Waals surface area contributed by atoms with E-state index in [-0.39, 0.29) is 4.90 Å². The molecule has 43 heavy (non-hydrogen) atoms. The zero-order valence-electron chi connectivity index (χ0n) is 23.1. The van der Waals surface area contributed by atoms with Crippen LogP contribution in [0.1, 0.15) is 39.4 Å². The van der Waals surface area contributed by atoms with E-state index in [2.05, 4.69) is 26.7 Å². The first kappa shape index (κ1) is 29.6. The van der Waals surface area contributed by atoms with Crippen molar-refractivity contribution in [2.45, 2.75) is 17.9 Å². The Hall–Kier alpha value is -3.45. The van der Waals surface area contributed by atoms with E-state index in [0.717, 1.165) is 54.6 Å². The number of hydrogen-bond acceptors (Lipinski definition) is 2. The van der Waals surface area contributed by atoms with Gasteiger partial charge in [-0.25, -0.2) is 8.42 Å². The van der Waals surface area contributed by atoms with Crippen LogP contribution in [0.15, 0.2) is 136 Å². The average molecular weight is 687 g/mol. The quantitative estimate of drug-likeness (QED) is 0.173. The first-order chi connectivity index (χ1) is 20.7. The molecule has 0 heterocycles. The molecule has 0 amide bonds. The third kappa shape index (κ3) is 6.28. The number of hydrogen-bond donors (Lipinski definition) is 1. The van der Waals surface area contributed by atoms with Gasteiger partial charge < -0.3 is 0 Å². The Morgan fingerprint density at radius 2 is 1.44 bits per heavy atom. The van der Waals surface area contributed by atoms with Gasteiger partial charge in [0.2, 0.25) is 10.0 Å². The molecule has 1 atom stereocenters. The Balaban J connectivity index is 1.65. The lowest BCUT2D eigenvalue weighted by Crippen LogP contribution is -2.29. The van der Waals surface area contributed by atoms with Crippen LogP contribution in [0, 0.1) is 6.92 Å². The van der Waals surface area contributed by atoms with Gasteiger partial charge in [-0.3, -0.25) is 0 Å². The summed E-state index contributed by atoms with van der Waals surface area (Å²) < 4.78 is 32.0. The highest BCUT2D eigenvalue weighted by Crippen LogP contribution is 2.50. The van der Waals surface area contributed by atoms with Crippen molar-refractivity contribution >= 4 is 66.4 Å². The molecule has 0 saturated heterocycles. The first-order valence-electron chi connectivity index (χ1n) is 13.6. The normalized spacial score (nSPS) is 15.1. The highest BCUT2D eigenvalue weighted by Gasteiger charge is 2.37. The molecule has 7 heteroatoms.